The van der Waals surface area contributed by atoms with Crippen LogP contribution in [0.25, 0.3) is 0 Å². The third-order valence-electron chi connectivity index (χ3n) is 7.49. The van der Waals surface area contributed by atoms with Gasteiger partial charge in [-0.1, -0.05) is 55.7 Å². The van der Waals surface area contributed by atoms with Gasteiger partial charge in [0.1, 0.15) is 0 Å². The van der Waals surface area contributed by atoms with Crippen molar-refractivity contribution in [3.05, 3.63) is 65.7 Å². The van der Waals surface area contributed by atoms with Crippen LogP contribution >= 0.6 is 0 Å². The number of carbonyl (C=O) groups is 2. The highest BCUT2D eigenvalue weighted by Crippen LogP contribution is 2.36. The maximum absolute atomic E-state index is 13.2. The molecule has 2 fully saturated rings. The Bertz CT molecular complexity index is 1130. The van der Waals surface area contributed by atoms with E-state index >= 15 is 0 Å². The second-order valence-corrected chi connectivity index (χ2v) is 11.4. The largest absolute Gasteiger partial charge is 0.481 e. The summed E-state index contributed by atoms with van der Waals surface area (Å²) >= 11 is 0. The molecule has 0 atom stereocenters. The standard InChI is InChI=1S/C26H32N2O5S/c1-27(22-12-6-3-7-13-22)34(32,33)23-14-8-9-20(19-23)24(29)28-17-15-26(16-18-28,25(30)31)21-10-4-2-5-11-21/h2,4-5,8-11,14,19,22H,3,6-7,12-13,15-18H2,1H3,(H,30,31). The fourth-order valence-corrected chi connectivity index (χ4v) is 6.72. The molecule has 8 heteroatoms. The summed E-state index contributed by atoms with van der Waals surface area (Å²) in [5.74, 6) is -1.16. The zero-order chi connectivity index (χ0) is 24.3. The number of likely N-dealkylation sites (tertiary alicyclic amines) is 1. The lowest BCUT2D eigenvalue weighted by molar-refractivity contribution is -0.145. The number of hydrogen-bond donors (Lipinski definition) is 1. The summed E-state index contributed by atoms with van der Waals surface area (Å²) in [6.45, 7) is 0.581. The maximum Gasteiger partial charge on any atom is 0.314 e. The van der Waals surface area contributed by atoms with Crippen LogP contribution < -0.4 is 0 Å². The van der Waals surface area contributed by atoms with Crippen molar-refractivity contribution in [3.63, 3.8) is 0 Å². The molecule has 0 aromatic heterocycles. The first-order valence-electron chi connectivity index (χ1n) is 11.9. The minimum Gasteiger partial charge on any atom is -0.481 e. The highest BCUT2D eigenvalue weighted by molar-refractivity contribution is 7.89. The quantitative estimate of drug-likeness (QED) is 0.671. The molecule has 0 unspecified atom stereocenters. The predicted octanol–water partition coefficient (Wildman–Crippen LogP) is 3.90. The molecule has 0 radical (unpaired) electrons. The van der Waals surface area contributed by atoms with Crippen molar-refractivity contribution in [1.29, 1.82) is 0 Å². The van der Waals surface area contributed by atoms with Gasteiger partial charge < -0.3 is 10.0 Å². The monoisotopic (exact) mass is 484 g/mol. The molecule has 1 amide bonds. The molecule has 1 heterocycles. The van der Waals surface area contributed by atoms with Crippen LogP contribution in [0.3, 0.4) is 0 Å². The molecule has 4 rings (SSSR count). The second kappa shape index (κ2) is 9.88. The molecule has 182 valence electrons. The van der Waals surface area contributed by atoms with Gasteiger partial charge >= 0.3 is 5.97 Å². The molecule has 2 aromatic carbocycles. The number of nitrogens with zero attached hydrogens (tertiary/aromatic N) is 2. The summed E-state index contributed by atoms with van der Waals surface area (Å²) in [4.78, 5) is 27.2. The fourth-order valence-electron chi connectivity index (χ4n) is 5.25. The van der Waals surface area contributed by atoms with Gasteiger partial charge in [0.05, 0.1) is 10.3 Å². The molecule has 0 bridgehead atoms. The Labute approximate surface area is 201 Å². The number of amides is 1. The minimum absolute atomic E-state index is 0.0117. The molecule has 1 aliphatic heterocycles. The fraction of sp³-hybridized carbons (Fsp3) is 0.462. The van der Waals surface area contributed by atoms with Crippen molar-refractivity contribution < 1.29 is 23.1 Å². The Morgan fingerprint density at radius 3 is 2.24 bits per heavy atom. The van der Waals surface area contributed by atoms with E-state index < -0.39 is 21.4 Å². The number of carbonyl (C=O) groups excluding carboxylic acids is 1. The van der Waals surface area contributed by atoms with Crippen LogP contribution in [0, 0.1) is 0 Å². The van der Waals surface area contributed by atoms with Gasteiger partial charge in [-0.05, 0) is 49.4 Å². The van der Waals surface area contributed by atoms with Crippen molar-refractivity contribution in [2.75, 3.05) is 20.1 Å². The third kappa shape index (κ3) is 4.61. The second-order valence-electron chi connectivity index (χ2n) is 9.39. The number of carboxylic acids is 1. The first-order valence-corrected chi connectivity index (χ1v) is 13.4. The molecular weight excluding hydrogens is 452 g/mol. The van der Waals surface area contributed by atoms with Crippen LogP contribution in [-0.2, 0) is 20.2 Å². The van der Waals surface area contributed by atoms with E-state index in [0.717, 1.165) is 37.7 Å². The van der Waals surface area contributed by atoms with E-state index in [9.17, 15) is 23.1 Å². The topological polar surface area (TPSA) is 95.0 Å². The van der Waals surface area contributed by atoms with Crippen LogP contribution in [0.5, 0.6) is 0 Å². The molecule has 1 saturated heterocycles. The summed E-state index contributed by atoms with van der Waals surface area (Å²) in [5.41, 5.74) is 0.0282. The summed E-state index contributed by atoms with van der Waals surface area (Å²) in [6, 6.07) is 15.3. The lowest BCUT2D eigenvalue weighted by Gasteiger charge is -2.39. The van der Waals surface area contributed by atoms with Gasteiger partial charge in [-0.15, -0.1) is 0 Å². The number of rotatable bonds is 6. The smallest absolute Gasteiger partial charge is 0.314 e. The van der Waals surface area contributed by atoms with Gasteiger partial charge in [0.2, 0.25) is 10.0 Å². The molecule has 2 aliphatic rings. The Morgan fingerprint density at radius 1 is 0.971 bits per heavy atom. The summed E-state index contributed by atoms with van der Waals surface area (Å²) in [6.07, 6.45) is 5.51. The van der Waals surface area contributed by atoms with Gasteiger partial charge in [-0.3, -0.25) is 9.59 Å². The van der Waals surface area contributed by atoms with E-state index in [4.69, 9.17) is 0 Å². The zero-order valence-electron chi connectivity index (χ0n) is 19.5. The molecule has 1 saturated carbocycles. The average molecular weight is 485 g/mol. The molecule has 1 N–H and O–H groups in total. The highest BCUT2D eigenvalue weighted by atomic mass is 32.2. The molecule has 2 aromatic rings. The SMILES string of the molecule is CN(C1CCCCC1)S(=O)(=O)c1cccc(C(=O)N2CCC(C(=O)O)(c3ccccc3)CC2)c1. The number of piperidine rings is 1. The van der Waals surface area contributed by atoms with Crippen LogP contribution in [0.2, 0.25) is 0 Å². The normalized spacial score (nSPS) is 19.2. The van der Waals surface area contributed by atoms with E-state index in [-0.39, 0.29) is 16.8 Å². The maximum atomic E-state index is 13.2. The first-order chi connectivity index (χ1) is 16.3. The summed E-state index contributed by atoms with van der Waals surface area (Å²) in [7, 11) is -2.08. The van der Waals surface area contributed by atoms with E-state index in [2.05, 4.69) is 0 Å². The van der Waals surface area contributed by atoms with Crippen LogP contribution in [0.15, 0.2) is 59.5 Å². The average Bonchev–Trinajstić information content (AvgIpc) is 2.88. The van der Waals surface area contributed by atoms with Crippen molar-refractivity contribution in [2.45, 2.75) is 61.3 Å². The lowest BCUT2D eigenvalue weighted by atomic mass is 9.73. The molecule has 34 heavy (non-hydrogen) atoms. The van der Waals surface area contributed by atoms with Crippen LogP contribution in [-0.4, -0.2) is 60.8 Å². The first kappa shape index (κ1) is 24.4. The molecule has 7 nitrogen and oxygen atoms in total. The minimum atomic E-state index is -3.71. The highest BCUT2D eigenvalue weighted by Gasteiger charge is 2.44. The van der Waals surface area contributed by atoms with Gasteiger partial charge in [0.25, 0.3) is 5.91 Å². The van der Waals surface area contributed by atoms with E-state index in [1.54, 1.807) is 24.1 Å². The molecule has 1 aliphatic carbocycles. The molecule has 0 spiro atoms. The Balaban J connectivity index is 1.50. The van der Waals surface area contributed by atoms with Crippen molar-refractivity contribution in [2.24, 2.45) is 0 Å². The van der Waals surface area contributed by atoms with Gasteiger partial charge in [0, 0.05) is 31.7 Å². The number of hydrogen-bond acceptors (Lipinski definition) is 4. The van der Waals surface area contributed by atoms with Crippen molar-refractivity contribution >= 4 is 21.9 Å². The van der Waals surface area contributed by atoms with E-state index in [1.165, 1.54) is 16.4 Å². The lowest BCUT2D eigenvalue weighted by Crippen LogP contribution is -2.49. The predicted molar refractivity (Wildman–Crippen MR) is 129 cm³/mol. The number of aliphatic carboxylic acids is 1. The molecular formula is C26H32N2O5S. The summed E-state index contributed by atoms with van der Waals surface area (Å²) < 4.78 is 27.9. The zero-order valence-corrected chi connectivity index (χ0v) is 20.3. The van der Waals surface area contributed by atoms with E-state index in [1.807, 2.05) is 30.3 Å². The van der Waals surface area contributed by atoms with Gasteiger partial charge in [-0.2, -0.15) is 4.31 Å². The van der Waals surface area contributed by atoms with Gasteiger partial charge in [-0.25, -0.2) is 8.42 Å². The number of benzene rings is 2. The Morgan fingerprint density at radius 2 is 1.62 bits per heavy atom. The number of sulfonamides is 1. The van der Waals surface area contributed by atoms with E-state index in [0.29, 0.717) is 31.5 Å². The number of carboxylic acid groups (broad SMARTS) is 1. The Hall–Kier alpha value is -2.71. The van der Waals surface area contributed by atoms with Crippen LogP contribution in [0.4, 0.5) is 0 Å². The Kier molecular flexibility index (Phi) is 7.09. The third-order valence-corrected chi connectivity index (χ3v) is 9.39. The van der Waals surface area contributed by atoms with Crippen molar-refractivity contribution in [1.82, 2.24) is 9.21 Å². The van der Waals surface area contributed by atoms with Crippen molar-refractivity contribution in [3.8, 4) is 0 Å². The van der Waals surface area contributed by atoms with Crippen LogP contribution in [0.1, 0.15) is 60.9 Å². The summed E-state index contributed by atoms with van der Waals surface area (Å²) in [5, 5.41) is 9.99. The van der Waals surface area contributed by atoms with Gasteiger partial charge in [0.15, 0.2) is 0 Å².